The number of allylic oxidation sites excluding steroid dienone is 1. The maximum atomic E-state index is 12.7. The van der Waals surface area contributed by atoms with Gasteiger partial charge in [0.1, 0.15) is 5.82 Å². The number of thioether (sulfide) groups is 1. The second-order valence-electron chi connectivity index (χ2n) is 7.42. The molecular formula is C21H30N4O2S. The van der Waals surface area contributed by atoms with E-state index in [0.717, 1.165) is 38.2 Å². The summed E-state index contributed by atoms with van der Waals surface area (Å²) in [6.45, 7) is 7.90. The number of unbranched alkanes of at least 4 members (excludes halogenated alkanes) is 2. The van der Waals surface area contributed by atoms with E-state index in [2.05, 4.69) is 35.1 Å². The van der Waals surface area contributed by atoms with Crippen molar-refractivity contribution in [1.82, 2.24) is 15.2 Å². The van der Waals surface area contributed by atoms with Crippen LogP contribution in [0.2, 0.25) is 0 Å². The van der Waals surface area contributed by atoms with Crippen molar-refractivity contribution in [2.24, 2.45) is 5.92 Å². The molecule has 0 bridgehead atoms. The average molecular weight is 403 g/mol. The van der Waals surface area contributed by atoms with E-state index < -0.39 is 0 Å². The van der Waals surface area contributed by atoms with Gasteiger partial charge in [-0.3, -0.25) is 9.59 Å². The largest absolute Gasteiger partial charge is 0.353 e. The Hall–Kier alpha value is -2.02. The summed E-state index contributed by atoms with van der Waals surface area (Å²) in [5.41, 5.74) is 0.591. The number of anilines is 1. The van der Waals surface area contributed by atoms with Crippen molar-refractivity contribution >= 4 is 29.4 Å². The normalized spacial score (nSPS) is 21.8. The van der Waals surface area contributed by atoms with Gasteiger partial charge in [0, 0.05) is 38.9 Å². The summed E-state index contributed by atoms with van der Waals surface area (Å²) in [6, 6.07) is 3.73. The van der Waals surface area contributed by atoms with Gasteiger partial charge < -0.3 is 15.1 Å². The number of hydrogen-bond donors (Lipinski definition) is 1. The molecule has 6 nitrogen and oxygen atoms in total. The predicted molar refractivity (Wildman–Crippen MR) is 115 cm³/mol. The number of rotatable bonds is 7. The topological polar surface area (TPSA) is 65.5 Å². The number of hydrogen-bond acceptors (Lipinski definition) is 5. The second kappa shape index (κ2) is 9.96. The van der Waals surface area contributed by atoms with Crippen LogP contribution in [0.25, 0.3) is 0 Å². The van der Waals surface area contributed by atoms with E-state index in [1.807, 2.05) is 22.4 Å². The van der Waals surface area contributed by atoms with Crippen LogP contribution in [-0.4, -0.2) is 59.7 Å². The maximum Gasteiger partial charge on any atom is 0.252 e. The smallest absolute Gasteiger partial charge is 0.252 e. The van der Waals surface area contributed by atoms with Gasteiger partial charge in [-0.1, -0.05) is 32.8 Å². The number of amides is 2. The van der Waals surface area contributed by atoms with E-state index in [9.17, 15) is 9.59 Å². The third kappa shape index (κ3) is 5.07. The average Bonchev–Trinajstić information content (AvgIpc) is 3.16. The van der Waals surface area contributed by atoms with Gasteiger partial charge in [0.2, 0.25) is 5.91 Å². The molecule has 2 amide bonds. The van der Waals surface area contributed by atoms with Crippen LogP contribution in [0.1, 0.15) is 43.5 Å². The molecule has 2 aliphatic rings. The summed E-state index contributed by atoms with van der Waals surface area (Å²) in [4.78, 5) is 33.5. The molecule has 0 saturated carbocycles. The zero-order valence-corrected chi connectivity index (χ0v) is 17.6. The van der Waals surface area contributed by atoms with Crippen LogP contribution < -0.4 is 10.2 Å². The van der Waals surface area contributed by atoms with Crippen molar-refractivity contribution in [1.29, 1.82) is 0 Å². The lowest BCUT2D eigenvalue weighted by Crippen LogP contribution is -2.51. The molecule has 2 unspecified atom stereocenters. The first-order chi connectivity index (χ1) is 13.6. The molecule has 1 aromatic rings. The molecule has 2 aliphatic heterocycles. The van der Waals surface area contributed by atoms with Gasteiger partial charge in [0.05, 0.1) is 10.8 Å². The fraction of sp³-hybridized carbons (Fsp3) is 0.571. The highest BCUT2D eigenvalue weighted by atomic mass is 32.2. The summed E-state index contributed by atoms with van der Waals surface area (Å²) in [5.74, 6) is 1.34. The van der Waals surface area contributed by atoms with E-state index in [0.29, 0.717) is 31.1 Å². The van der Waals surface area contributed by atoms with Gasteiger partial charge in [-0.25, -0.2) is 4.98 Å². The molecule has 0 aromatic carbocycles. The minimum Gasteiger partial charge on any atom is -0.353 e. The molecule has 0 aliphatic carbocycles. The lowest BCUT2D eigenvalue weighted by molar-refractivity contribution is -0.131. The predicted octanol–water partition coefficient (Wildman–Crippen LogP) is 2.92. The Bertz CT molecular complexity index is 699. The Morgan fingerprint density at radius 3 is 2.61 bits per heavy atom. The highest BCUT2D eigenvalue weighted by Crippen LogP contribution is 2.31. The van der Waals surface area contributed by atoms with Gasteiger partial charge in [-0.05, 0) is 29.9 Å². The van der Waals surface area contributed by atoms with E-state index in [1.54, 1.807) is 18.0 Å². The molecule has 152 valence electrons. The van der Waals surface area contributed by atoms with Gasteiger partial charge >= 0.3 is 0 Å². The third-order valence-electron chi connectivity index (χ3n) is 5.32. The van der Waals surface area contributed by atoms with Gasteiger partial charge in [0.15, 0.2) is 0 Å². The van der Waals surface area contributed by atoms with Crippen LogP contribution in [-0.2, 0) is 4.79 Å². The van der Waals surface area contributed by atoms with Crippen LogP contribution in [0, 0.1) is 5.92 Å². The van der Waals surface area contributed by atoms with E-state index in [1.165, 1.54) is 0 Å². The van der Waals surface area contributed by atoms with E-state index in [-0.39, 0.29) is 17.1 Å². The minimum absolute atomic E-state index is 0.0276. The standard InChI is InChI=1S/C21H30N4O2S/c1-3-4-5-9-22-20(26)17-6-7-18(23-15-17)24-10-12-25(13-11-24)21(27)19-16(2)8-14-28-19/h6-8,14-16,19H,3-5,9-13H2,1-2H3,(H,22,26). The fourth-order valence-electron chi connectivity index (χ4n) is 3.48. The highest BCUT2D eigenvalue weighted by molar-refractivity contribution is 8.03. The summed E-state index contributed by atoms with van der Waals surface area (Å²) in [6.07, 6.45) is 7.02. The summed E-state index contributed by atoms with van der Waals surface area (Å²) >= 11 is 1.63. The molecule has 7 heteroatoms. The van der Waals surface area contributed by atoms with E-state index >= 15 is 0 Å². The third-order valence-corrected chi connectivity index (χ3v) is 6.56. The number of piperazine rings is 1. The zero-order valence-electron chi connectivity index (χ0n) is 16.8. The number of carbonyl (C=O) groups excluding carboxylic acids is 2. The highest BCUT2D eigenvalue weighted by Gasteiger charge is 2.32. The number of aromatic nitrogens is 1. The quantitative estimate of drug-likeness (QED) is 0.711. The Kier molecular flexibility index (Phi) is 7.36. The van der Waals surface area contributed by atoms with Crippen molar-refractivity contribution in [3.05, 3.63) is 35.4 Å². The van der Waals surface area contributed by atoms with Crippen molar-refractivity contribution < 1.29 is 9.59 Å². The second-order valence-corrected chi connectivity index (χ2v) is 8.48. The monoisotopic (exact) mass is 402 g/mol. The number of carbonyl (C=O) groups is 2. The number of nitrogens with zero attached hydrogens (tertiary/aromatic N) is 3. The Labute approximate surface area is 171 Å². The van der Waals surface area contributed by atoms with Crippen LogP contribution in [0.5, 0.6) is 0 Å². The molecule has 28 heavy (non-hydrogen) atoms. The first-order valence-electron chi connectivity index (χ1n) is 10.2. The first-order valence-corrected chi connectivity index (χ1v) is 11.1. The van der Waals surface area contributed by atoms with Crippen molar-refractivity contribution in [3.8, 4) is 0 Å². The molecule has 2 atom stereocenters. The van der Waals surface area contributed by atoms with Gasteiger partial charge in [-0.2, -0.15) is 0 Å². The SMILES string of the molecule is CCCCCNC(=O)c1ccc(N2CCN(C(=O)C3SC=CC3C)CC2)nc1. The number of pyridine rings is 1. The molecule has 1 N–H and O–H groups in total. The Balaban J connectivity index is 1.48. The van der Waals surface area contributed by atoms with Gasteiger partial charge in [-0.15, -0.1) is 11.8 Å². The molecule has 1 fully saturated rings. The van der Waals surface area contributed by atoms with Crippen molar-refractivity contribution in [2.45, 2.75) is 38.4 Å². The molecule has 0 radical (unpaired) electrons. The fourth-order valence-corrected chi connectivity index (χ4v) is 4.60. The zero-order chi connectivity index (χ0) is 19.9. The van der Waals surface area contributed by atoms with Crippen molar-refractivity contribution in [3.63, 3.8) is 0 Å². The molecule has 1 saturated heterocycles. The maximum absolute atomic E-state index is 12.7. The van der Waals surface area contributed by atoms with Gasteiger partial charge in [0.25, 0.3) is 5.91 Å². The summed E-state index contributed by atoms with van der Waals surface area (Å²) < 4.78 is 0. The minimum atomic E-state index is -0.0673. The summed E-state index contributed by atoms with van der Waals surface area (Å²) in [7, 11) is 0. The Morgan fingerprint density at radius 1 is 1.21 bits per heavy atom. The lowest BCUT2D eigenvalue weighted by atomic mass is 10.1. The van der Waals surface area contributed by atoms with Crippen LogP contribution in [0.4, 0.5) is 5.82 Å². The van der Waals surface area contributed by atoms with Crippen LogP contribution >= 0.6 is 11.8 Å². The number of nitrogens with one attached hydrogen (secondary N) is 1. The summed E-state index contributed by atoms with van der Waals surface area (Å²) in [5, 5.41) is 5.00. The molecular weight excluding hydrogens is 372 g/mol. The first kappa shape index (κ1) is 20.7. The lowest BCUT2D eigenvalue weighted by Gasteiger charge is -2.37. The molecule has 3 rings (SSSR count). The Morgan fingerprint density at radius 2 is 2.00 bits per heavy atom. The molecule has 3 heterocycles. The van der Waals surface area contributed by atoms with Crippen molar-refractivity contribution in [2.75, 3.05) is 37.6 Å². The molecule has 0 spiro atoms. The van der Waals surface area contributed by atoms with Crippen LogP contribution in [0.15, 0.2) is 29.8 Å². The molecule has 1 aromatic heterocycles. The van der Waals surface area contributed by atoms with Crippen LogP contribution in [0.3, 0.4) is 0 Å². The van der Waals surface area contributed by atoms with E-state index in [4.69, 9.17) is 0 Å².